The molecular weight excluding hydrogens is 248 g/mol. The van der Waals surface area contributed by atoms with Crippen LogP contribution in [-0.4, -0.2) is 35.4 Å². The zero-order chi connectivity index (χ0) is 14.5. The SMILES string of the molecule is CC(C)NC(=O)CCNC(=O)C1(C(N)=NO)CCC1. The van der Waals surface area contributed by atoms with Crippen LogP contribution < -0.4 is 16.4 Å². The van der Waals surface area contributed by atoms with Gasteiger partial charge in [0.05, 0.1) is 0 Å². The van der Waals surface area contributed by atoms with Crippen LogP contribution in [0.3, 0.4) is 0 Å². The van der Waals surface area contributed by atoms with Crippen molar-refractivity contribution < 1.29 is 14.8 Å². The lowest BCUT2D eigenvalue weighted by molar-refractivity contribution is -0.131. The van der Waals surface area contributed by atoms with Gasteiger partial charge in [0.2, 0.25) is 11.8 Å². The van der Waals surface area contributed by atoms with Gasteiger partial charge in [-0.05, 0) is 26.7 Å². The average Bonchev–Trinajstić information content (AvgIpc) is 2.26. The smallest absolute Gasteiger partial charge is 0.233 e. The standard InChI is InChI=1S/C12H22N4O3/c1-8(2)15-9(17)4-7-14-11(18)12(5-3-6-12)10(13)16-19/h8,19H,3-7H2,1-2H3,(H2,13,16)(H,14,18)(H,15,17). The predicted octanol–water partition coefficient (Wildman–Crippen LogP) is -0.0660. The minimum Gasteiger partial charge on any atom is -0.409 e. The molecule has 0 bridgehead atoms. The molecule has 1 aliphatic rings. The molecular formula is C12H22N4O3. The molecule has 0 spiro atoms. The van der Waals surface area contributed by atoms with E-state index in [4.69, 9.17) is 10.9 Å². The Bertz CT molecular complexity index is 375. The summed E-state index contributed by atoms with van der Waals surface area (Å²) in [5, 5.41) is 17.1. The van der Waals surface area contributed by atoms with Gasteiger partial charge in [-0.25, -0.2) is 0 Å². The van der Waals surface area contributed by atoms with E-state index in [0.717, 1.165) is 6.42 Å². The van der Waals surface area contributed by atoms with Crippen molar-refractivity contribution in [2.45, 2.75) is 45.6 Å². The molecule has 7 heteroatoms. The number of oxime groups is 1. The predicted molar refractivity (Wildman–Crippen MR) is 70.6 cm³/mol. The van der Waals surface area contributed by atoms with Crippen LogP contribution in [0.4, 0.5) is 0 Å². The van der Waals surface area contributed by atoms with E-state index in [1.165, 1.54) is 0 Å². The van der Waals surface area contributed by atoms with Gasteiger partial charge >= 0.3 is 0 Å². The molecule has 1 fully saturated rings. The van der Waals surface area contributed by atoms with Gasteiger partial charge in [0.25, 0.3) is 0 Å². The van der Waals surface area contributed by atoms with Crippen molar-refractivity contribution >= 4 is 17.6 Å². The first kappa shape index (κ1) is 15.3. The number of carbonyl (C=O) groups excluding carboxylic acids is 2. The monoisotopic (exact) mass is 270 g/mol. The lowest BCUT2D eigenvalue weighted by atomic mass is 9.67. The van der Waals surface area contributed by atoms with Gasteiger partial charge in [-0.15, -0.1) is 0 Å². The molecule has 0 heterocycles. The van der Waals surface area contributed by atoms with Crippen molar-refractivity contribution in [1.29, 1.82) is 0 Å². The lowest BCUT2D eigenvalue weighted by Gasteiger charge is -2.38. The number of amidine groups is 1. The summed E-state index contributed by atoms with van der Waals surface area (Å²) in [6.45, 7) is 3.99. The number of rotatable bonds is 6. The molecule has 7 nitrogen and oxygen atoms in total. The number of nitrogens with zero attached hydrogens (tertiary/aromatic N) is 1. The maximum atomic E-state index is 12.0. The Labute approximate surface area is 112 Å². The molecule has 1 aliphatic carbocycles. The number of hydrogen-bond acceptors (Lipinski definition) is 4. The highest BCUT2D eigenvalue weighted by atomic mass is 16.4. The summed E-state index contributed by atoms with van der Waals surface area (Å²) in [6, 6.07) is 0.0818. The van der Waals surface area contributed by atoms with Crippen molar-refractivity contribution in [3.05, 3.63) is 0 Å². The van der Waals surface area contributed by atoms with E-state index < -0.39 is 5.41 Å². The van der Waals surface area contributed by atoms with Crippen LogP contribution in [0.1, 0.15) is 39.5 Å². The number of hydrogen-bond donors (Lipinski definition) is 4. The number of nitrogens with one attached hydrogen (secondary N) is 2. The molecule has 2 amide bonds. The topological polar surface area (TPSA) is 117 Å². The van der Waals surface area contributed by atoms with Gasteiger partial charge in [-0.2, -0.15) is 0 Å². The van der Waals surface area contributed by atoms with Crippen molar-refractivity contribution in [1.82, 2.24) is 10.6 Å². The van der Waals surface area contributed by atoms with Crippen molar-refractivity contribution in [2.24, 2.45) is 16.3 Å². The first-order chi connectivity index (χ1) is 8.92. The van der Waals surface area contributed by atoms with Gasteiger partial charge in [-0.3, -0.25) is 9.59 Å². The molecule has 0 aromatic carbocycles. The summed E-state index contributed by atoms with van der Waals surface area (Å²) < 4.78 is 0. The molecule has 19 heavy (non-hydrogen) atoms. The van der Waals surface area contributed by atoms with E-state index >= 15 is 0 Å². The Hall–Kier alpha value is -1.79. The molecule has 108 valence electrons. The Kier molecular flexibility index (Phi) is 5.14. The Morgan fingerprint density at radius 3 is 2.47 bits per heavy atom. The normalized spacial score (nSPS) is 17.7. The van der Waals surface area contributed by atoms with Crippen LogP contribution in [-0.2, 0) is 9.59 Å². The maximum absolute atomic E-state index is 12.0. The Balaban J connectivity index is 2.41. The van der Waals surface area contributed by atoms with Crippen molar-refractivity contribution in [3.8, 4) is 0 Å². The molecule has 0 aromatic heterocycles. The third-order valence-electron chi connectivity index (χ3n) is 3.33. The largest absolute Gasteiger partial charge is 0.409 e. The van der Waals surface area contributed by atoms with Crippen LogP contribution in [0.2, 0.25) is 0 Å². The third kappa shape index (κ3) is 3.59. The zero-order valence-corrected chi connectivity index (χ0v) is 11.4. The molecule has 1 saturated carbocycles. The van der Waals surface area contributed by atoms with Gasteiger partial charge in [0.1, 0.15) is 5.41 Å². The highest BCUT2D eigenvalue weighted by Gasteiger charge is 2.48. The average molecular weight is 270 g/mol. The quantitative estimate of drug-likeness (QED) is 0.234. The summed E-state index contributed by atoms with van der Waals surface area (Å²) in [5.41, 5.74) is 4.69. The highest BCUT2D eigenvalue weighted by Crippen LogP contribution is 2.41. The number of nitrogens with two attached hydrogens (primary N) is 1. The summed E-state index contributed by atoms with van der Waals surface area (Å²) >= 11 is 0. The number of amides is 2. The van der Waals surface area contributed by atoms with Crippen molar-refractivity contribution in [2.75, 3.05) is 6.54 Å². The number of carbonyl (C=O) groups is 2. The molecule has 0 aliphatic heterocycles. The second-order valence-electron chi connectivity index (χ2n) is 5.15. The van der Waals surface area contributed by atoms with Crippen LogP contribution in [0.15, 0.2) is 5.16 Å². The second kappa shape index (κ2) is 6.40. The van der Waals surface area contributed by atoms with Crippen molar-refractivity contribution in [3.63, 3.8) is 0 Å². The summed E-state index contributed by atoms with van der Waals surface area (Å²) in [6.07, 6.45) is 2.24. The maximum Gasteiger partial charge on any atom is 0.233 e. The lowest BCUT2D eigenvalue weighted by Crippen LogP contribution is -2.54. The Morgan fingerprint density at radius 2 is 2.05 bits per heavy atom. The first-order valence-electron chi connectivity index (χ1n) is 6.48. The Morgan fingerprint density at radius 1 is 1.42 bits per heavy atom. The molecule has 1 rings (SSSR count). The van der Waals surface area contributed by atoms with Crippen LogP contribution in [0, 0.1) is 5.41 Å². The minimum absolute atomic E-state index is 0.0529. The fourth-order valence-electron chi connectivity index (χ4n) is 2.08. The van der Waals surface area contributed by atoms with Crippen LogP contribution >= 0.6 is 0 Å². The van der Waals surface area contributed by atoms with Gasteiger partial charge in [0, 0.05) is 19.0 Å². The van der Waals surface area contributed by atoms with E-state index in [2.05, 4.69) is 15.8 Å². The third-order valence-corrected chi connectivity index (χ3v) is 3.33. The van der Waals surface area contributed by atoms with Gasteiger partial charge in [-0.1, -0.05) is 11.6 Å². The first-order valence-corrected chi connectivity index (χ1v) is 6.48. The van der Waals surface area contributed by atoms with E-state index in [1.807, 2.05) is 13.8 Å². The molecule has 0 atom stereocenters. The molecule has 5 N–H and O–H groups in total. The summed E-state index contributed by atoms with van der Waals surface area (Å²) in [7, 11) is 0. The second-order valence-corrected chi connectivity index (χ2v) is 5.15. The molecule has 0 saturated heterocycles. The van der Waals surface area contributed by atoms with E-state index in [0.29, 0.717) is 12.8 Å². The van der Waals surface area contributed by atoms with E-state index in [-0.39, 0.29) is 36.7 Å². The van der Waals surface area contributed by atoms with Gasteiger partial charge in [0.15, 0.2) is 5.84 Å². The fraction of sp³-hybridized carbons (Fsp3) is 0.750. The highest BCUT2D eigenvalue weighted by molar-refractivity contribution is 6.07. The van der Waals surface area contributed by atoms with E-state index in [1.54, 1.807) is 0 Å². The van der Waals surface area contributed by atoms with E-state index in [9.17, 15) is 9.59 Å². The molecule has 0 aromatic rings. The minimum atomic E-state index is -0.886. The fourth-order valence-corrected chi connectivity index (χ4v) is 2.08. The van der Waals surface area contributed by atoms with Crippen LogP contribution in [0.25, 0.3) is 0 Å². The zero-order valence-electron chi connectivity index (χ0n) is 11.4. The molecule has 0 unspecified atom stereocenters. The summed E-state index contributed by atoms with van der Waals surface area (Å²) in [4.78, 5) is 23.4. The van der Waals surface area contributed by atoms with Crippen LogP contribution in [0.5, 0.6) is 0 Å². The van der Waals surface area contributed by atoms with Gasteiger partial charge < -0.3 is 21.6 Å². The molecule has 0 radical (unpaired) electrons. The summed E-state index contributed by atoms with van der Waals surface area (Å²) in [5.74, 6) is -0.434.